The number of alkyl halides is 3. The van der Waals surface area contributed by atoms with Crippen LogP contribution in [0.25, 0.3) is 11.4 Å². The number of aryl methyl sites for hydroxylation is 1. The average Bonchev–Trinajstić information content (AvgIpc) is 3.27. The SMILES string of the molecule is Cc1cc(C(=O)Cn2nnc(-c3cccc(C(F)(F)F)c3)n2)c(C)n1C1CC1. The van der Waals surface area contributed by atoms with Gasteiger partial charge in [-0.1, -0.05) is 12.1 Å². The largest absolute Gasteiger partial charge is 0.416 e. The first-order valence-corrected chi connectivity index (χ1v) is 8.91. The number of benzene rings is 1. The molecule has 2 heterocycles. The Kier molecular flexibility index (Phi) is 4.32. The van der Waals surface area contributed by atoms with Crippen LogP contribution in [0.1, 0.15) is 46.2 Å². The van der Waals surface area contributed by atoms with Crippen molar-refractivity contribution < 1.29 is 18.0 Å². The summed E-state index contributed by atoms with van der Waals surface area (Å²) in [6, 6.07) is 7.04. The molecule has 0 saturated heterocycles. The number of rotatable bonds is 5. The molecule has 0 unspecified atom stereocenters. The molecule has 0 spiro atoms. The summed E-state index contributed by atoms with van der Waals surface area (Å²) >= 11 is 0. The highest BCUT2D eigenvalue weighted by Gasteiger charge is 2.31. The first kappa shape index (κ1) is 18.4. The first-order valence-electron chi connectivity index (χ1n) is 8.91. The van der Waals surface area contributed by atoms with Gasteiger partial charge in [-0.2, -0.15) is 18.0 Å². The molecule has 9 heteroatoms. The van der Waals surface area contributed by atoms with Gasteiger partial charge in [0, 0.05) is 28.6 Å². The summed E-state index contributed by atoms with van der Waals surface area (Å²) in [7, 11) is 0. The molecule has 1 fully saturated rings. The maximum atomic E-state index is 12.9. The molecule has 6 nitrogen and oxygen atoms in total. The van der Waals surface area contributed by atoms with Gasteiger partial charge in [-0.15, -0.1) is 10.2 Å². The van der Waals surface area contributed by atoms with Gasteiger partial charge in [-0.3, -0.25) is 4.79 Å². The molecule has 0 radical (unpaired) electrons. The number of aromatic nitrogens is 5. The molecular weight excluding hydrogens is 371 g/mol. The van der Waals surface area contributed by atoms with Crippen molar-refractivity contribution in [2.75, 3.05) is 0 Å². The lowest BCUT2D eigenvalue weighted by molar-refractivity contribution is -0.137. The van der Waals surface area contributed by atoms with Crippen molar-refractivity contribution in [3.05, 3.63) is 52.8 Å². The number of nitrogens with zero attached hydrogens (tertiary/aromatic N) is 5. The predicted molar refractivity (Wildman–Crippen MR) is 94.8 cm³/mol. The number of ketones is 1. The molecule has 2 aromatic heterocycles. The van der Waals surface area contributed by atoms with E-state index in [1.807, 2.05) is 19.9 Å². The fraction of sp³-hybridized carbons (Fsp3) is 0.368. The van der Waals surface area contributed by atoms with Crippen LogP contribution in [-0.4, -0.2) is 30.6 Å². The van der Waals surface area contributed by atoms with Gasteiger partial charge in [0.05, 0.1) is 5.56 Å². The number of Topliss-reactive ketones (excluding diaryl/α,β-unsaturated/α-hetero) is 1. The minimum absolute atomic E-state index is 0.0438. The number of carbonyl (C=O) groups excluding carboxylic acids is 1. The van der Waals surface area contributed by atoms with Crippen LogP contribution in [-0.2, 0) is 12.7 Å². The Labute approximate surface area is 159 Å². The van der Waals surface area contributed by atoms with Crippen molar-refractivity contribution in [1.29, 1.82) is 0 Å². The summed E-state index contributed by atoms with van der Waals surface area (Å²) in [5, 5.41) is 11.7. The van der Waals surface area contributed by atoms with Crippen LogP contribution < -0.4 is 0 Å². The molecule has 28 heavy (non-hydrogen) atoms. The number of hydrogen-bond acceptors (Lipinski definition) is 4. The zero-order valence-corrected chi connectivity index (χ0v) is 15.4. The Morgan fingerprint density at radius 3 is 2.64 bits per heavy atom. The Bertz CT molecular complexity index is 1050. The van der Waals surface area contributed by atoms with Gasteiger partial charge in [-0.05, 0) is 50.1 Å². The summed E-state index contributed by atoms with van der Waals surface area (Å²) in [5.41, 5.74) is 1.98. The molecule has 0 atom stereocenters. The third-order valence-corrected chi connectivity index (χ3v) is 4.88. The summed E-state index contributed by atoms with van der Waals surface area (Å²) in [5.74, 6) is -0.115. The lowest BCUT2D eigenvalue weighted by Gasteiger charge is -2.07. The van der Waals surface area contributed by atoms with Crippen molar-refractivity contribution >= 4 is 5.78 Å². The quantitative estimate of drug-likeness (QED) is 0.619. The van der Waals surface area contributed by atoms with Crippen molar-refractivity contribution in [2.24, 2.45) is 0 Å². The predicted octanol–water partition coefficient (Wildman–Crippen LogP) is 4.00. The molecule has 0 amide bonds. The van der Waals surface area contributed by atoms with Crippen LogP contribution in [0.2, 0.25) is 0 Å². The number of tetrazole rings is 1. The second kappa shape index (κ2) is 6.57. The van der Waals surface area contributed by atoms with Crippen LogP contribution >= 0.6 is 0 Å². The zero-order valence-electron chi connectivity index (χ0n) is 15.4. The van der Waals surface area contributed by atoms with E-state index in [9.17, 15) is 18.0 Å². The summed E-state index contributed by atoms with van der Waals surface area (Å²) in [4.78, 5) is 13.8. The van der Waals surface area contributed by atoms with Crippen molar-refractivity contribution in [1.82, 2.24) is 24.8 Å². The topological polar surface area (TPSA) is 65.6 Å². The average molecular weight is 389 g/mol. The fourth-order valence-corrected chi connectivity index (χ4v) is 3.43. The van der Waals surface area contributed by atoms with E-state index in [0.29, 0.717) is 11.6 Å². The second-order valence-electron chi connectivity index (χ2n) is 7.03. The Morgan fingerprint density at radius 2 is 1.96 bits per heavy atom. The summed E-state index contributed by atoms with van der Waals surface area (Å²) in [6.07, 6.45) is -2.21. The molecule has 0 bridgehead atoms. The second-order valence-corrected chi connectivity index (χ2v) is 7.03. The van der Waals surface area contributed by atoms with Gasteiger partial charge in [-0.25, -0.2) is 0 Å². The fourth-order valence-electron chi connectivity index (χ4n) is 3.43. The van der Waals surface area contributed by atoms with Crippen molar-refractivity contribution in [3.8, 4) is 11.4 Å². The Morgan fingerprint density at radius 1 is 1.21 bits per heavy atom. The Hall–Kier alpha value is -2.97. The smallest absolute Gasteiger partial charge is 0.345 e. The highest BCUT2D eigenvalue weighted by Crippen LogP contribution is 2.38. The lowest BCUT2D eigenvalue weighted by Crippen LogP contribution is -2.14. The van der Waals surface area contributed by atoms with E-state index in [4.69, 9.17) is 0 Å². The van der Waals surface area contributed by atoms with Crippen LogP contribution in [0.5, 0.6) is 0 Å². The molecule has 1 aliphatic rings. The van der Waals surface area contributed by atoms with Crippen LogP contribution in [0, 0.1) is 13.8 Å². The van der Waals surface area contributed by atoms with Gasteiger partial charge >= 0.3 is 6.18 Å². The molecule has 1 aromatic carbocycles. The van der Waals surface area contributed by atoms with E-state index in [1.165, 1.54) is 12.1 Å². The Balaban J connectivity index is 1.54. The van der Waals surface area contributed by atoms with Gasteiger partial charge in [0.15, 0.2) is 5.78 Å². The van der Waals surface area contributed by atoms with E-state index < -0.39 is 11.7 Å². The highest BCUT2D eigenvalue weighted by molar-refractivity contribution is 5.97. The standard InChI is InChI=1S/C19H18F3N5O/c1-11-8-16(12(2)27(11)15-6-7-15)17(28)10-26-24-18(23-25-26)13-4-3-5-14(9-13)19(20,21)22/h3-5,8-9,15H,6-7,10H2,1-2H3. The molecule has 4 rings (SSSR count). The van der Waals surface area contributed by atoms with E-state index >= 15 is 0 Å². The molecular formula is C19H18F3N5O. The third-order valence-electron chi connectivity index (χ3n) is 4.88. The normalized spacial score (nSPS) is 14.5. The van der Waals surface area contributed by atoms with Gasteiger partial charge in [0.1, 0.15) is 6.54 Å². The van der Waals surface area contributed by atoms with Crippen LogP contribution in [0.4, 0.5) is 13.2 Å². The number of hydrogen-bond donors (Lipinski definition) is 0. The molecule has 146 valence electrons. The van der Waals surface area contributed by atoms with Crippen molar-refractivity contribution in [3.63, 3.8) is 0 Å². The third kappa shape index (κ3) is 3.44. The van der Waals surface area contributed by atoms with E-state index in [2.05, 4.69) is 20.0 Å². The summed E-state index contributed by atoms with van der Waals surface area (Å²) < 4.78 is 40.8. The highest BCUT2D eigenvalue weighted by atomic mass is 19.4. The van der Waals surface area contributed by atoms with Crippen LogP contribution in [0.3, 0.4) is 0 Å². The van der Waals surface area contributed by atoms with E-state index in [1.54, 1.807) is 0 Å². The van der Waals surface area contributed by atoms with Gasteiger partial charge in [0.25, 0.3) is 0 Å². The molecule has 1 saturated carbocycles. The van der Waals surface area contributed by atoms with Gasteiger partial charge in [0.2, 0.25) is 5.82 Å². The maximum absolute atomic E-state index is 12.9. The van der Waals surface area contributed by atoms with Crippen LogP contribution in [0.15, 0.2) is 30.3 Å². The van der Waals surface area contributed by atoms with E-state index in [-0.39, 0.29) is 23.7 Å². The zero-order chi connectivity index (χ0) is 20.1. The molecule has 0 aliphatic heterocycles. The van der Waals surface area contributed by atoms with E-state index in [0.717, 1.165) is 41.2 Å². The van der Waals surface area contributed by atoms with Crippen molar-refractivity contribution in [2.45, 2.75) is 45.5 Å². The minimum Gasteiger partial charge on any atom is -0.345 e. The molecule has 3 aromatic rings. The summed E-state index contributed by atoms with van der Waals surface area (Å²) in [6.45, 7) is 3.77. The molecule has 1 aliphatic carbocycles. The maximum Gasteiger partial charge on any atom is 0.416 e. The van der Waals surface area contributed by atoms with Gasteiger partial charge < -0.3 is 4.57 Å². The number of halogens is 3. The monoisotopic (exact) mass is 389 g/mol. The molecule has 0 N–H and O–H groups in total. The first-order chi connectivity index (χ1) is 13.2. The lowest BCUT2D eigenvalue weighted by atomic mass is 10.1. The minimum atomic E-state index is -4.45. The number of carbonyl (C=O) groups is 1.